The minimum Gasteiger partial charge on any atom is -0.370 e. The Hall–Kier alpha value is -1.21. The van der Waals surface area contributed by atoms with Crippen LogP contribution in [0, 0.1) is 0 Å². The summed E-state index contributed by atoms with van der Waals surface area (Å²) in [6, 6.07) is 6.11. The normalized spacial score (nSPS) is 16.3. The number of fused-ring (bicyclic) bond motifs is 1. The van der Waals surface area contributed by atoms with Gasteiger partial charge in [0.05, 0.1) is 21.7 Å². The molecule has 1 saturated heterocycles. The third-order valence-corrected chi connectivity index (χ3v) is 5.92. The molecule has 7 heteroatoms. The fourth-order valence-corrected chi connectivity index (χ4v) is 4.76. The standard InChI is InChI=1S/C18H18BrClN4S/c19-13-8-15-17(2-3-21-18(15)16(20)9-13)24-5-1-4-23(6-7-24)10-14-11-25-12-22-14/h2-3,8-9,11-12H,1,4-7,10H2. The van der Waals surface area contributed by atoms with E-state index in [4.69, 9.17) is 11.6 Å². The second-order valence-electron chi connectivity index (χ2n) is 6.21. The van der Waals surface area contributed by atoms with Crippen LogP contribution in [-0.4, -0.2) is 41.0 Å². The number of thiazole rings is 1. The molecule has 0 bridgehead atoms. The number of aromatic nitrogens is 2. The molecule has 0 atom stereocenters. The number of halogens is 2. The number of pyridine rings is 1. The molecule has 0 spiro atoms. The predicted octanol–water partition coefficient (Wildman–Crippen LogP) is 4.82. The van der Waals surface area contributed by atoms with Gasteiger partial charge in [0.25, 0.3) is 0 Å². The van der Waals surface area contributed by atoms with Crippen LogP contribution < -0.4 is 4.90 Å². The summed E-state index contributed by atoms with van der Waals surface area (Å²) in [5.41, 5.74) is 5.16. The summed E-state index contributed by atoms with van der Waals surface area (Å²) in [6.07, 6.45) is 2.99. The Bertz CT molecular complexity index is 871. The van der Waals surface area contributed by atoms with Crippen LogP contribution in [0.25, 0.3) is 10.9 Å². The van der Waals surface area contributed by atoms with Crippen molar-refractivity contribution in [3.8, 4) is 0 Å². The monoisotopic (exact) mass is 436 g/mol. The molecule has 1 aromatic carbocycles. The van der Waals surface area contributed by atoms with Crippen LogP contribution >= 0.6 is 38.9 Å². The zero-order chi connectivity index (χ0) is 17.2. The minimum atomic E-state index is 0.686. The SMILES string of the molecule is Clc1cc(Br)cc2c(N3CCCN(Cc4cscn4)CC3)ccnc12. The van der Waals surface area contributed by atoms with E-state index in [0.29, 0.717) is 5.02 Å². The van der Waals surface area contributed by atoms with Crippen molar-refractivity contribution in [1.82, 2.24) is 14.9 Å². The van der Waals surface area contributed by atoms with Gasteiger partial charge in [-0.15, -0.1) is 11.3 Å². The topological polar surface area (TPSA) is 32.3 Å². The lowest BCUT2D eigenvalue weighted by Gasteiger charge is -2.25. The molecule has 4 nitrogen and oxygen atoms in total. The van der Waals surface area contributed by atoms with Gasteiger partial charge in [-0.3, -0.25) is 9.88 Å². The third kappa shape index (κ3) is 3.82. The van der Waals surface area contributed by atoms with Crippen LogP contribution in [0.3, 0.4) is 0 Å². The van der Waals surface area contributed by atoms with Crippen LogP contribution in [0.5, 0.6) is 0 Å². The van der Waals surface area contributed by atoms with Gasteiger partial charge in [-0.2, -0.15) is 0 Å². The summed E-state index contributed by atoms with van der Waals surface area (Å²) < 4.78 is 0.985. The lowest BCUT2D eigenvalue weighted by atomic mass is 10.1. The van der Waals surface area contributed by atoms with E-state index in [-0.39, 0.29) is 0 Å². The highest BCUT2D eigenvalue weighted by atomic mass is 79.9. The Balaban J connectivity index is 1.57. The van der Waals surface area contributed by atoms with Gasteiger partial charge < -0.3 is 4.90 Å². The van der Waals surface area contributed by atoms with Gasteiger partial charge >= 0.3 is 0 Å². The molecule has 0 unspecified atom stereocenters. The molecule has 130 valence electrons. The molecule has 0 radical (unpaired) electrons. The van der Waals surface area contributed by atoms with E-state index in [1.165, 1.54) is 11.4 Å². The van der Waals surface area contributed by atoms with Crippen molar-refractivity contribution in [3.63, 3.8) is 0 Å². The van der Waals surface area contributed by atoms with E-state index in [2.05, 4.69) is 53.2 Å². The van der Waals surface area contributed by atoms with Crippen molar-refractivity contribution in [2.75, 3.05) is 31.1 Å². The van der Waals surface area contributed by atoms with E-state index in [0.717, 1.165) is 54.5 Å². The molecule has 1 fully saturated rings. The molecule has 0 saturated carbocycles. The first-order chi connectivity index (χ1) is 12.2. The zero-order valence-electron chi connectivity index (χ0n) is 13.7. The van der Waals surface area contributed by atoms with Gasteiger partial charge in [0.15, 0.2) is 0 Å². The van der Waals surface area contributed by atoms with Gasteiger partial charge in [0.1, 0.15) is 0 Å². The second-order valence-corrected chi connectivity index (χ2v) is 8.25. The van der Waals surface area contributed by atoms with Crippen molar-refractivity contribution in [3.05, 3.63) is 50.5 Å². The van der Waals surface area contributed by atoms with Gasteiger partial charge in [0, 0.05) is 59.8 Å². The molecule has 0 amide bonds. The van der Waals surface area contributed by atoms with Crippen LogP contribution in [-0.2, 0) is 6.54 Å². The molecule has 0 aliphatic carbocycles. The Morgan fingerprint density at radius 3 is 2.92 bits per heavy atom. The van der Waals surface area contributed by atoms with Crippen molar-refractivity contribution in [2.24, 2.45) is 0 Å². The maximum Gasteiger partial charge on any atom is 0.0909 e. The summed E-state index contributed by atoms with van der Waals surface area (Å²) >= 11 is 11.6. The molecular weight excluding hydrogens is 420 g/mol. The van der Waals surface area contributed by atoms with Crippen molar-refractivity contribution >= 4 is 55.5 Å². The summed E-state index contributed by atoms with van der Waals surface area (Å²) in [5, 5.41) is 3.93. The van der Waals surface area contributed by atoms with E-state index >= 15 is 0 Å². The highest BCUT2D eigenvalue weighted by Crippen LogP contribution is 2.33. The summed E-state index contributed by atoms with van der Waals surface area (Å²) in [7, 11) is 0. The van der Waals surface area contributed by atoms with E-state index in [1.807, 2.05) is 17.8 Å². The number of anilines is 1. The summed E-state index contributed by atoms with van der Waals surface area (Å²) in [6.45, 7) is 5.10. The molecule has 1 aliphatic rings. The Morgan fingerprint density at radius 2 is 2.08 bits per heavy atom. The number of nitrogens with zero attached hydrogens (tertiary/aromatic N) is 4. The third-order valence-electron chi connectivity index (χ3n) is 4.54. The average Bonchev–Trinajstić information content (AvgIpc) is 2.99. The fraction of sp³-hybridized carbons (Fsp3) is 0.333. The van der Waals surface area contributed by atoms with Crippen LogP contribution in [0.15, 0.2) is 39.8 Å². The lowest BCUT2D eigenvalue weighted by molar-refractivity contribution is 0.282. The van der Waals surface area contributed by atoms with E-state index < -0.39 is 0 Å². The average molecular weight is 438 g/mol. The maximum absolute atomic E-state index is 6.38. The predicted molar refractivity (Wildman–Crippen MR) is 109 cm³/mol. The van der Waals surface area contributed by atoms with Crippen LogP contribution in [0.1, 0.15) is 12.1 Å². The number of rotatable bonds is 3. The summed E-state index contributed by atoms with van der Waals surface area (Å²) in [4.78, 5) is 13.8. The number of benzene rings is 1. The molecule has 3 aromatic rings. The number of hydrogen-bond acceptors (Lipinski definition) is 5. The fourth-order valence-electron chi connectivity index (χ4n) is 3.36. The second kappa shape index (κ2) is 7.58. The molecule has 1 aliphatic heterocycles. The van der Waals surface area contributed by atoms with Crippen molar-refractivity contribution in [2.45, 2.75) is 13.0 Å². The molecule has 2 aromatic heterocycles. The van der Waals surface area contributed by atoms with Crippen LogP contribution in [0.4, 0.5) is 5.69 Å². The van der Waals surface area contributed by atoms with Gasteiger partial charge in [-0.05, 0) is 24.6 Å². The van der Waals surface area contributed by atoms with Crippen molar-refractivity contribution < 1.29 is 0 Å². The molecule has 4 rings (SSSR count). The quantitative estimate of drug-likeness (QED) is 0.588. The van der Waals surface area contributed by atoms with Gasteiger partial charge in [0.2, 0.25) is 0 Å². The first kappa shape index (κ1) is 17.2. The van der Waals surface area contributed by atoms with Crippen LogP contribution in [0.2, 0.25) is 5.02 Å². The Morgan fingerprint density at radius 1 is 1.16 bits per heavy atom. The summed E-state index contributed by atoms with van der Waals surface area (Å²) in [5.74, 6) is 0. The highest BCUT2D eigenvalue weighted by Gasteiger charge is 2.18. The zero-order valence-corrected chi connectivity index (χ0v) is 16.8. The van der Waals surface area contributed by atoms with Crippen molar-refractivity contribution in [1.29, 1.82) is 0 Å². The van der Waals surface area contributed by atoms with Gasteiger partial charge in [-0.25, -0.2) is 4.98 Å². The van der Waals surface area contributed by atoms with E-state index in [9.17, 15) is 0 Å². The van der Waals surface area contributed by atoms with Gasteiger partial charge in [-0.1, -0.05) is 27.5 Å². The largest absolute Gasteiger partial charge is 0.370 e. The highest BCUT2D eigenvalue weighted by molar-refractivity contribution is 9.10. The number of hydrogen-bond donors (Lipinski definition) is 0. The van der Waals surface area contributed by atoms with E-state index in [1.54, 1.807) is 11.3 Å². The Labute approximate surface area is 164 Å². The molecule has 3 heterocycles. The molecule has 25 heavy (non-hydrogen) atoms. The maximum atomic E-state index is 6.38. The first-order valence-electron chi connectivity index (χ1n) is 8.29. The smallest absolute Gasteiger partial charge is 0.0909 e. The molecule has 0 N–H and O–H groups in total. The first-order valence-corrected chi connectivity index (χ1v) is 10.4. The Kier molecular flexibility index (Phi) is 5.22. The minimum absolute atomic E-state index is 0.686. The lowest BCUT2D eigenvalue weighted by Crippen LogP contribution is -2.30. The molecular formula is C18H18BrClN4S.